The van der Waals surface area contributed by atoms with E-state index in [1.54, 1.807) is 24.0 Å². The molecule has 3 aromatic rings. The Labute approximate surface area is 249 Å². The summed E-state index contributed by atoms with van der Waals surface area (Å²) < 4.78 is 48.0. The van der Waals surface area contributed by atoms with Crippen LogP contribution in [0.2, 0.25) is 10.0 Å². The first-order valence-electron chi connectivity index (χ1n) is 13.0. The van der Waals surface area contributed by atoms with E-state index in [1.807, 2.05) is 26.1 Å². The van der Waals surface area contributed by atoms with Gasteiger partial charge in [0.15, 0.2) is 0 Å². The fourth-order valence-electron chi connectivity index (χ4n) is 4.65. The molecule has 0 saturated carbocycles. The Morgan fingerprint density at radius 2 is 1.83 bits per heavy atom. The summed E-state index contributed by atoms with van der Waals surface area (Å²) in [6, 6.07) is 13.9. The number of aliphatic hydroxyl groups is 1. The SMILES string of the molecule is C[C@H](CO)N1C[C@H](C)[C@@H](CN(C)Cc2ccc(Cl)c(Cl)c2)Oc2ccc(NS(=O)(=O)c3ccc(F)cc3)cc2C1=O. The van der Waals surface area contributed by atoms with Crippen LogP contribution in [0.4, 0.5) is 10.1 Å². The quantitative estimate of drug-likeness (QED) is 0.336. The number of aliphatic hydroxyl groups excluding tert-OH is 1. The minimum absolute atomic E-state index is 0.103. The predicted molar refractivity (Wildman–Crippen MR) is 158 cm³/mol. The van der Waals surface area contributed by atoms with Crippen LogP contribution in [0.5, 0.6) is 5.75 Å². The lowest BCUT2D eigenvalue weighted by Gasteiger charge is -2.38. The number of amides is 1. The number of ether oxygens (including phenoxy) is 1. The van der Waals surface area contributed by atoms with Gasteiger partial charge in [0.05, 0.1) is 33.2 Å². The van der Waals surface area contributed by atoms with Gasteiger partial charge in [-0.25, -0.2) is 12.8 Å². The first-order valence-corrected chi connectivity index (χ1v) is 15.2. The van der Waals surface area contributed by atoms with Crippen LogP contribution >= 0.6 is 23.2 Å². The normalized spacial score (nSPS) is 18.3. The zero-order valence-corrected chi connectivity index (χ0v) is 25.2. The summed E-state index contributed by atoms with van der Waals surface area (Å²) in [5.74, 6) is -0.750. The Balaban J connectivity index is 1.62. The molecular weight excluding hydrogens is 592 g/mol. The summed E-state index contributed by atoms with van der Waals surface area (Å²) in [5.41, 5.74) is 1.28. The maximum atomic E-state index is 13.7. The molecule has 0 spiro atoms. The standard InChI is InChI=1S/C29H32Cl2FN3O5S/c1-18-14-35(19(2)17-36)29(37)24-13-22(33-41(38,39)23-8-5-21(32)6-9-23)7-11-27(24)40-28(18)16-34(3)15-20-4-10-25(30)26(31)12-20/h4-13,18-19,28,33,36H,14-17H2,1-3H3/t18-,19+,28+/m0/s1. The zero-order chi connectivity index (χ0) is 29.9. The largest absolute Gasteiger partial charge is 0.488 e. The van der Waals surface area contributed by atoms with Crippen molar-refractivity contribution in [2.24, 2.45) is 5.92 Å². The first-order chi connectivity index (χ1) is 19.4. The second-order valence-corrected chi connectivity index (χ2v) is 12.8. The molecule has 0 aromatic heterocycles. The van der Waals surface area contributed by atoms with Gasteiger partial charge in [-0.15, -0.1) is 0 Å². The molecule has 3 aromatic carbocycles. The van der Waals surface area contributed by atoms with Crippen molar-refractivity contribution in [2.45, 2.75) is 37.4 Å². The van der Waals surface area contributed by atoms with Crippen molar-refractivity contribution >= 4 is 44.8 Å². The number of carbonyl (C=O) groups excluding carboxylic acids is 1. The maximum absolute atomic E-state index is 13.7. The summed E-state index contributed by atoms with van der Waals surface area (Å²) in [6.45, 7) is 4.90. The molecule has 8 nitrogen and oxygen atoms in total. The Hall–Kier alpha value is -2.89. The molecular formula is C29H32Cl2FN3O5S. The molecule has 1 aliphatic rings. The Kier molecular flexibility index (Phi) is 9.81. The fourth-order valence-corrected chi connectivity index (χ4v) is 6.02. The third-order valence-corrected chi connectivity index (χ3v) is 9.11. The molecule has 3 atom stereocenters. The minimum atomic E-state index is -4.04. The molecule has 0 unspecified atom stereocenters. The maximum Gasteiger partial charge on any atom is 0.261 e. The van der Waals surface area contributed by atoms with E-state index in [-0.39, 0.29) is 40.7 Å². The number of hydrogen-bond acceptors (Lipinski definition) is 6. The van der Waals surface area contributed by atoms with E-state index >= 15 is 0 Å². The molecule has 1 heterocycles. The average Bonchev–Trinajstić information content (AvgIpc) is 2.92. The second kappa shape index (κ2) is 13.0. The van der Waals surface area contributed by atoms with Crippen LogP contribution in [0.1, 0.15) is 29.8 Å². The third-order valence-electron chi connectivity index (χ3n) is 6.97. The fraction of sp³-hybridized carbons (Fsp3) is 0.345. The van der Waals surface area contributed by atoms with Crippen molar-refractivity contribution in [3.63, 3.8) is 0 Å². The van der Waals surface area contributed by atoms with Crippen molar-refractivity contribution in [1.29, 1.82) is 0 Å². The molecule has 4 rings (SSSR count). The highest BCUT2D eigenvalue weighted by Gasteiger charge is 2.33. The molecule has 12 heteroatoms. The van der Waals surface area contributed by atoms with Gasteiger partial charge in [0.25, 0.3) is 15.9 Å². The molecule has 1 aliphatic heterocycles. The number of benzene rings is 3. The van der Waals surface area contributed by atoms with Gasteiger partial charge in [-0.05, 0) is 74.1 Å². The summed E-state index contributed by atoms with van der Waals surface area (Å²) in [5, 5.41) is 10.9. The molecule has 0 radical (unpaired) electrons. The highest BCUT2D eigenvalue weighted by atomic mass is 35.5. The van der Waals surface area contributed by atoms with Crippen molar-refractivity contribution in [2.75, 3.05) is 31.5 Å². The summed E-state index contributed by atoms with van der Waals surface area (Å²) in [7, 11) is -2.09. The van der Waals surface area contributed by atoms with Gasteiger partial charge in [0.2, 0.25) is 0 Å². The van der Waals surface area contributed by atoms with Crippen LogP contribution < -0.4 is 9.46 Å². The number of nitrogens with one attached hydrogen (secondary N) is 1. The Morgan fingerprint density at radius 1 is 1.12 bits per heavy atom. The Bertz CT molecular complexity index is 1510. The van der Waals surface area contributed by atoms with Gasteiger partial charge in [-0.3, -0.25) is 14.4 Å². The van der Waals surface area contributed by atoms with E-state index in [2.05, 4.69) is 9.62 Å². The van der Waals surface area contributed by atoms with E-state index in [1.165, 1.54) is 12.1 Å². The van der Waals surface area contributed by atoms with Crippen molar-refractivity contribution in [3.05, 3.63) is 87.7 Å². The smallest absolute Gasteiger partial charge is 0.261 e. The summed E-state index contributed by atoms with van der Waals surface area (Å²) in [6.07, 6.45) is -0.343. The number of nitrogens with zero attached hydrogens (tertiary/aromatic N) is 2. The van der Waals surface area contributed by atoms with Crippen LogP contribution in [-0.2, 0) is 16.6 Å². The molecule has 1 amide bonds. The lowest BCUT2D eigenvalue weighted by molar-refractivity contribution is 0.0341. The number of sulfonamides is 1. The lowest BCUT2D eigenvalue weighted by Crippen LogP contribution is -2.49. The van der Waals surface area contributed by atoms with Crippen LogP contribution in [-0.4, -0.2) is 68.1 Å². The lowest BCUT2D eigenvalue weighted by atomic mass is 9.99. The highest BCUT2D eigenvalue weighted by Crippen LogP contribution is 2.32. The molecule has 0 bridgehead atoms. The number of halogens is 3. The van der Waals surface area contributed by atoms with Gasteiger partial charge >= 0.3 is 0 Å². The van der Waals surface area contributed by atoms with Crippen LogP contribution in [0, 0.1) is 11.7 Å². The van der Waals surface area contributed by atoms with Gasteiger partial charge in [-0.2, -0.15) is 0 Å². The highest BCUT2D eigenvalue weighted by molar-refractivity contribution is 7.92. The van der Waals surface area contributed by atoms with Crippen LogP contribution in [0.15, 0.2) is 65.6 Å². The number of fused-ring (bicyclic) bond motifs is 1. The number of carbonyl (C=O) groups is 1. The van der Waals surface area contributed by atoms with E-state index in [0.29, 0.717) is 35.4 Å². The molecule has 0 aliphatic carbocycles. The first kappa shape index (κ1) is 31.1. The van der Waals surface area contributed by atoms with Crippen LogP contribution in [0.25, 0.3) is 0 Å². The summed E-state index contributed by atoms with van der Waals surface area (Å²) >= 11 is 12.2. The number of rotatable bonds is 9. The Morgan fingerprint density at radius 3 is 2.49 bits per heavy atom. The monoisotopic (exact) mass is 623 g/mol. The molecule has 41 heavy (non-hydrogen) atoms. The van der Waals surface area contributed by atoms with E-state index in [0.717, 1.165) is 29.8 Å². The summed E-state index contributed by atoms with van der Waals surface area (Å²) in [4.78, 5) is 17.2. The van der Waals surface area contributed by atoms with E-state index in [4.69, 9.17) is 27.9 Å². The van der Waals surface area contributed by atoms with Gasteiger partial charge in [0, 0.05) is 31.2 Å². The number of anilines is 1. The van der Waals surface area contributed by atoms with Crippen molar-refractivity contribution < 1.29 is 27.4 Å². The van der Waals surface area contributed by atoms with Crippen LogP contribution in [0.3, 0.4) is 0 Å². The molecule has 220 valence electrons. The average molecular weight is 625 g/mol. The second-order valence-electron chi connectivity index (χ2n) is 10.3. The van der Waals surface area contributed by atoms with E-state index < -0.39 is 21.9 Å². The zero-order valence-electron chi connectivity index (χ0n) is 22.9. The molecule has 0 saturated heterocycles. The number of likely N-dealkylation sites (N-methyl/N-ethyl adjacent to an activating group) is 1. The molecule has 2 N–H and O–H groups in total. The third kappa shape index (κ3) is 7.50. The predicted octanol–water partition coefficient (Wildman–Crippen LogP) is 5.29. The van der Waals surface area contributed by atoms with Crippen molar-refractivity contribution in [3.8, 4) is 5.75 Å². The topological polar surface area (TPSA) is 99.2 Å². The molecule has 0 fully saturated rings. The van der Waals surface area contributed by atoms with Gasteiger partial charge < -0.3 is 14.7 Å². The van der Waals surface area contributed by atoms with Crippen molar-refractivity contribution in [1.82, 2.24) is 9.80 Å². The number of hydrogen-bond donors (Lipinski definition) is 2. The minimum Gasteiger partial charge on any atom is -0.488 e. The van der Waals surface area contributed by atoms with Gasteiger partial charge in [-0.1, -0.05) is 36.2 Å². The van der Waals surface area contributed by atoms with Gasteiger partial charge in [0.1, 0.15) is 17.7 Å². The van der Waals surface area contributed by atoms with E-state index in [9.17, 15) is 22.7 Å².